The van der Waals surface area contributed by atoms with Gasteiger partial charge in [-0.1, -0.05) is 19.0 Å². The second-order valence-electron chi connectivity index (χ2n) is 6.00. The Bertz CT molecular complexity index is 646. The van der Waals surface area contributed by atoms with E-state index in [1.54, 1.807) is 6.33 Å². The molecular weight excluding hydrogens is 282 g/mol. The molecule has 3 rings (SSSR count). The molecule has 0 radical (unpaired) electrons. The third-order valence-corrected chi connectivity index (χ3v) is 3.67. The molecule has 0 unspecified atom stereocenters. The van der Waals surface area contributed by atoms with Gasteiger partial charge < -0.3 is 20.1 Å². The number of carbonyl (C=O) groups excluding carboxylic acids is 1. The molecule has 1 aliphatic heterocycles. The molecular formula is C15H21N5O2. The van der Waals surface area contributed by atoms with Gasteiger partial charge in [0, 0.05) is 31.1 Å². The summed E-state index contributed by atoms with van der Waals surface area (Å²) in [7, 11) is 0. The van der Waals surface area contributed by atoms with E-state index in [-0.39, 0.29) is 5.91 Å². The lowest BCUT2D eigenvalue weighted by atomic mass is 10.1. The van der Waals surface area contributed by atoms with Crippen molar-refractivity contribution in [3.05, 3.63) is 35.2 Å². The summed E-state index contributed by atoms with van der Waals surface area (Å²) in [5.41, 5.74) is 2.55. The number of nitrogens with zero attached hydrogens (tertiary/aromatic N) is 2. The van der Waals surface area contributed by atoms with Crippen LogP contribution in [0.15, 0.2) is 16.9 Å². The summed E-state index contributed by atoms with van der Waals surface area (Å²) in [6, 6.07) is 1.49. The quantitative estimate of drug-likeness (QED) is 0.768. The van der Waals surface area contributed by atoms with Gasteiger partial charge >= 0.3 is 0 Å². The Morgan fingerprint density at radius 1 is 1.55 bits per heavy atom. The number of fused-ring (bicyclic) bond motifs is 1. The minimum Gasteiger partial charge on any atom is -0.361 e. The highest BCUT2D eigenvalue weighted by atomic mass is 16.5. The monoisotopic (exact) mass is 303 g/mol. The average molecular weight is 303 g/mol. The molecule has 2 aromatic heterocycles. The van der Waals surface area contributed by atoms with Crippen molar-refractivity contribution >= 4 is 5.91 Å². The summed E-state index contributed by atoms with van der Waals surface area (Å²) < 4.78 is 5.26. The van der Waals surface area contributed by atoms with Crippen LogP contribution in [0.3, 0.4) is 0 Å². The van der Waals surface area contributed by atoms with Crippen LogP contribution in [0.25, 0.3) is 0 Å². The molecule has 1 amide bonds. The Labute approximate surface area is 128 Å². The van der Waals surface area contributed by atoms with Crippen molar-refractivity contribution in [2.45, 2.75) is 39.3 Å². The molecule has 0 spiro atoms. The number of hydrogen-bond acceptors (Lipinski definition) is 5. The van der Waals surface area contributed by atoms with Crippen LogP contribution < -0.4 is 10.6 Å². The number of nitrogens with one attached hydrogen (secondary N) is 3. The van der Waals surface area contributed by atoms with Gasteiger partial charge in [-0.2, -0.15) is 0 Å². The molecule has 1 aliphatic rings. The number of aromatic nitrogens is 3. The molecule has 0 aliphatic carbocycles. The Hall–Kier alpha value is -2.15. The van der Waals surface area contributed by atoms with Crippen molar-refractivity contribution in [3.8, 4) is 0 Å². The molecule has 0 fully saturated rings. The lowest BCUT2D eigenvalue weighted by molar-refractivity contribution is -0.123. The molecule has 3 N–H and O–H groups in total. The van der Waals surface area contributed by atoms with Gasteiger partial charge in [0.05, 0.1) is 18.6 Å². The van der Waals surface area contributed by atoms with Crippen LogP contribution in [0, 0.1) is 5.92 Å². The van der Waals surface area contributed by atoms with Gasteiger partial charge in [-0.15, -0.1) is 0 Å². The van der Waals surface area contributed by atoms with E-state index in [4.69, 9.17) is 4.52 Å². The average Bonchev–Trinajstić information content (AvgIpc) is 3.12. The molecule has 0 saturated heterocycles. The third-order valence-electron chi connectivity index (χ3n) is 3.67. The van der Waals surface area contributed by atoms with Crippen molar-refractivity contribution in [2.75, 3.05) is 6.54 Å². The maximum atomic E-state index is 12.3. The van der Waals surface area contributed by atoms with E-state index in [1.807, 2.05) is 6.07 Å². The first-order chi connectivity index (χ1) is 10.6. The molecule has 0 aromatic carbocycles. The zero-order chi connectivity index (χ0) is 15.5. The predicted molar refractivity (Wildman–Crippen MR) is 79.9 cm³/mol. The summed E-state index contributed by atoms with van der Waals surface area (Å²) in [5, 5.41) is 10.1. The van der Waals surface area contributed by atoms with E-state index in [0.717, 1.165) is 42.2 Å². The number of imidazole rings is 1. The lowest BCUT2D eigenvalue weighted by Crippen LogP contribution is -2.41. The zero-order valence-electron chi connectivity index (χ0n) is 12.8. The van der Waals surface area contributed by atoms with E-state index in [0.29, 0.717) is 12.5 Å². The van der Waals surface area contributed by atoms with Gasteiger partial charge in [0.15, 0.2) is 0 Å². The molecule has 7 heteroatoms. The number of aromatic amines is 1. The van der Waals surface area contributed by atoms with E-state index < -0.39 is 6.04 Å². The van der Waals surface area contributed by atoms with Crippen LogP contribution in [0.5, 0.6) is 0 Å². The molecule has 118 valence electrons. The minimum absolute atomic E-state index is 0.0959. The summed E-state index contributed by atoms with van der Waals surface area (Å²) in [5.74, 6) is 1.27. The highest BCUT2D eigenvalue weighted by Crippen LogP contribution is 2.19. The van der Waals surface area contributed by atoms with E-state index in [9.17, 15) is 4.79 Å². The second-order valence-corrected chi connectivity index (χ2v) is 6.00. The van der Waals surface area contributed by atoms with Gasteiger partial charge in [-0.25, -0.2) is 4.98 Å². The van der Waals surface area contributed by atoms with Crippen molar-refractivity contribution in [2.24, 2.45) is 5.92 Å². The molecule has 2 aromatic rings. The SMILES string of the molecule is CC(C)Cc1cc(CNC(=O)[C@H]2NCCc3[nH]cnc32)no1. The molecule has 1 atom stereocenters. The smallest absolute Gasteiger partial charge is 0.243 e. The zero-order valence-corrected chi connectivity index (χ0v) is 12.8. The standard InChI is InChI=1S/C15H21N5O2/c1-9(2)5-11-6-10(20-22-11)7-17-15(21)14-13-12(3-4-16-14)18-8-19-13/h6,8-9,14,16H,3-5,7H2,1-2H3,(H,17,21)(H,18,19)/t14-/m0/s1. The number of amides is 1. The maximum absolute atomic E-state index is 12.3. The molecule has 0 saturated carbocycles. The Balaban J connectivity index is 1.58. The fourth-order valence-corrected chi connectivity index (χ4v) is 2.65. The summed E-state index contributed by atoms with van der Waals surface area (Å²) in [6.45, 7) is 5.37. The second kappa shape index (κ2) is 6.31. The van der Waals surface area contributed by atoms with Crippen LogP contribution in [0.2, 0.25) is 0 Å². The molecule has 0 bridgehead atoms. The van der Waals surface area contributed by atoms with Gasteiger partial charge in [-0.3, -0.25) is 4.79 Å². The summed E-state index contributed by atoms with van der Waals surface area (Å²) >= 11 is 0. The Morgan fingerprint density at radius 2 is 2.41 bits per heavy atom. The fourth-order valence-electron chi connectivity index (χ4n) is 2.65. The van der Waals surface area contributed by atoms with Crippen molar-refractivity contribution in [1.29, 1.82) is 0 Å². The van der Waals surface area contributed by atoms with Crippen LogP contribution >= 0.6 is 0 Å². The number of carbonyl (C=O) groups is 1. The van der Waals surface area contributed by atoms with Gasteiger partial charge in [-0.05, 0) is 5.92 Å². The largest absolute Gasteiger partial charge is 0.361 e. The van der Waals surface area contributed by atoms with Crippen LogP contribution in [0.4, 0.5) is 0 Å². The highest BCUT2D eigenvalue weighted by molar-refractivity contribution is 5.83. The van der Waals surface area contributed by atoms with E-state index >= 15 is 0 Å². The maximum Gasteiger partial charge on any atom is 0.243 e. The van der Waals surface area contributed by atoms with Crippen LogP contribution in [0.1, 0.15) is 42.7 Å². The topological polar surface area (TPSA) is 95.8 Å². The van der Waals surface area contributed by atoms with E-state index in [1.165, 1.54) is 0 Å². The molecule has 7 nitrogen and oxygen atoms in total. The Morgan fingerprint density at radius 3 is 3.23 bits per heavy atom. The fraction of sp³-hybridized carbons (Fsp3) is 0.533. The van der Waals surface area contributed by atoms with Crippen molar-refractivity contribution < 1.29 is 9.32 Å². The first kappa shape index (κ1) is 14.8. The summed E-state index contributed by atoms with van der Waals surface area (Å²) in [6.07, 6.45) is 3.34. The highest BCUT2D eigenvalue weighted by Gasteiger charge is 2.28. The Kier molecular flexibility index (Phi) is 4.24. The van der Waals surface area contributed by atoms with E-state index in [2.05, 4.69) is 39.6 Å². The van der Waals surface area contributed by atoms with Gasteiger partial charge in [0.1, 0.15) is 17.5 Å². The van der Waals surface area contributed by atoms with Crippen molar-refractivity contribution in [1.82, 2.24) is 25.8 Å². The van der Waals surface area contributed by atoms with Crippen LogP contribution in [-0.2, 0) is 24.2 Å². The number of rotatable bonds is 5. The lowest BCUT2D eigenvalue weighted by Gasteiger charge is -2.21. The normalized spacial score (nSPS) is 17.5. The van der Waals surface area contributed by atoms with Crippen LogP contribution in [-0.4, -0.2) is 27.6 Å². The number of hydrogen-bond donors (Lipinski definition) is 3. The first-order valence-corrected chi connectivity index (χ1v) is 7.61. The van der Waals surface area contributed by atoms with Gasteiger partial charge in [0.2, 0.25) is 5.91 Å². The van der Waals surface area contributed by atoms with Crippen molar-refractivity contribution in [3.63, 3.8) is 0 Å². The third kappa shape index (κ3) is 3.19. The molecule has 3 heterocycles. The summed E-state index contributed by atoms with van der Waals surface area (Å²) in [4.78, 5) is 19.6. The first-order valence-electron chi connectivity index (χ1n) is 7.61. The number of H-pyrrole nitrogens is 1. The predicted octanol–water partition coefficient (Wildman–Crippen LogP) is 1.10. The molecule has 22 heavy (non-hydrogen) atoms. The minimum atomic E-state index is -0.406. The van der Waals surface area contributed by atoms with Gasteiger partial charge in [0.25, 0.3) is 0 Å².